The van der Waals surface area contributed by atoms with Gasteiger partial charge in [0.1, 0.15) is 5.82 Å². The lowest BCUT2D eigenvalue weighted by Crippen LogP contribution is -2.41. The van der Waals surface area contributed by atoms with Crippen LogP contribution in [-0.4, -0.2) is 56.1 Å². The number of morpholine rings is 1. The standard InChI is InChI=1S/C18H27FN4O3/c1-13(2)18(14-3-5-15(19)6-4-14)21-17(24)12-26-22-16(20)11-23-7-9-25-10-8-23/h3-6,13,18H,7-12H2,1-2H3,(H2,20,22)(H,21,24). The van der Waals surface area contributed by atoms with Gasteiger partial charge in [0.2, 0.25) is 0 Å². The Bertz CT molecular complexity index is 601. The first-order valence-electron chi connectivity index (χ1n) is 8.75. The number of ether oxygens (including phenoxy) is 1. The minimum atomic E-state index is -0.309. The summed E-state index contributed by atoms with van der Waals surface area (Å²) in [7, 11) is 0. The number of amidine groups is 1. The number of amides is 1. The molecule has 1 aromatic rings. The second kappa shape index (κ2) is 10.1. The van der Waals surface area contributed by atoms with Gasteiger partial charge in [-0.15, -0.1) is 0 Å². The minimum Gasteiger partial charge on any atom is -0.384 e. The normalized spacial score (nSPS) is 17.2. The highest BCUT2D eigenvalue weighted by atomic mass is 19.1. The molecular weight excluding hydrogens is 339 g/mol. The van der Waals surface area contributed by atoms with E-state index < -0.39 is 0 Å². The Morgan fingerprint density at radius 2 is 2.00 bits per heavy atom. The average molecular weight is 366 g/mol. The molecule has 1 amide bonds. The molecule has 1 fully saturated rings. The Balaban J connectivity index is 1.80. The van der Waals surface area contributed by atoms with Crippen LogP contribution in [0.4, 0.5) is 4.39 Å². The van der Waals surface area contributed by atoms with Crippen molar-refractivity contribution < 1.29 is 18.8 Å². The molecule has 2 rings (SSSR count). The minimum absolute atomic E-state index is 0.138. The molecule has 0 spiro atoms. The molecule has 8 heteroatoms. The van der Waals surface area contributed by atoms with Gasteiger partial charge in [-0.25, -0.2) is 4.39 Å². The number of hydrogen-bond acceptors (Lipinski definition) is 5. The zero-order valence-corrected chi connectivity index (χ0v) is 15.3. The molecule has 3 N–H and O–H groups in total. The molecule has 7 nitrogen and oxygen atoms in total. The van der Waals surface area contributed by atoms with Gasteiger partial charge in [0.05, 0.1) is 25.8 Å². The molecular formula is C18H27FN4O3. The smallest absolute Gasteiger partial charge is 0.261 e. The molecule has 0 radical (unpaired) electrons. The van der Waals surface area contributed by atoms with E-state index in [2.05, 4.69) is 15.4 Å². The SMILES string of the molecule is CC(C)C(NC(=O)CO/N=C(/N)CN1CCOCC1)c1ccc(F)cc1. The maximum atomic E-state index is 13.1. The van der Waals surface area contributed by atoms with Crippen molar-refractivity contribution in [3.05, 3.63) is 35.6 Å². The van der Waals surface area contributed by atoms with Crippen LogP contribution in [0, 0.1) is 11.7 Å². The number of nitrogens with one attached hydrogen (secondary N) is 1. The summed E-state index contributed by atoms with van der Waals surface area (Å²) >= 11 is 0. The van der Waals surface area contributed by atoms with Crippen molar-refractivity contribution in [1.82, 2.24) is 10.2 Å². The highest BCUT2D eigenvalue weighted by Crippen LogP contribution is 2.21. The van der Waals surface area contributed by atoms with Gasteiger partial charge in [-0.1, -0.05) is 31.1 Å². The third-order valence-corrected chi connectivity index (χ3v) is 4.08. The fourth-order valence-electron chi connectivity index (χ4n) is 2.71. The van der Waals surface area contributed by atoms with Crippen LogP contribution in [0.25, 0.3) is 0 Å². The van der Waals surface area contributed by atoms with Crippen molar-refractivity contribution >= 4 is 11.7 Å². The number of rotatable bonds is 8. The van der Waals surface area contributed by atoms with Crippen molar-refractivity contribution in [3.8, 4) is 0 Å². The van der Waals surface area contributed by atoms with Crippen molar-refractivity contribution in [1.29, 1.82) is 0 Å². The Kier molecular flexibility index (Phi) is 7.80. The van der Waals surface area contributed by atoms with Crippen LogP contribution in [0.3, 0.4) is 0 Å². The lowest BCUT2D eigenvalue weighted by atomic mass is 9.96. The molecule has 0 aliphatic carbocycles. The zero-order valence-electron chi connectivity index (χ0n) is 15.3. The van der Waals surface area contributed by atoms with E-state index in [0.717, 1.165) is 18.7 Å². The summed E-state index contributed by atoms with van der Waals surface area (Å²) in [4.78, 5) is 19.3. The van der Waals surface area contributed by atoms with Gasteiger partial charge in [0, 0.05) is 13.1 Å². The number of benzene rings is 1. The molecule has 1 saturated heterocycles. The Morgan fingerprint density at radius 3 is 2.62 bits per heavy atom. The van der Waals surface area contributed by atoms with E-state index in [9.17, 15) is 9.18 Å². The summed E-state index contributed by atoms with van der Waals surface area (Å²) in [5.41, 5.74) is 6.66. The van der Waals surface area contributed by atoms with Gasteiger partial charge in [-0.3, -0.25) is 9.69 Å². The van der Waals surface area contributed by atoms with Crippen molar-refractivity contribution in [2.45, 2.75) is 19.9 Å². The summed E-state index contributed by atoms with van der Waals surface area (Å²) in [6, 6.07) is 5.86. The van der Waals surface area contributed by atoms with E-state index in [1.807, 2.05) is 13.8 Å². The molecule has 144 valence electrons. The van der Waals surface area contributed by atoms with Gasteiger partial charge in [0.15, 0.2) is 12.4 Å². The van der Waals surface area contributed by atoms with Crippen LogP contribution < -0.4 is 11.1 Å². The number of halogens is 1. The van der Waals surface area contributed by atoms with Gasteiger partial charge in [-0.05, 0) is 23.6 Å². The number of nitrogens with zero attached hydrogens (tertiary/aromatic N) is 2. The molecule has 1 atom stereocenters. The first kappa shape index (κ1) is 20.1. The Labute approximate surface area is 153 Å². The number of oxime groups is 1. The van der Waals surface area contributed by atoms with Crippen molar-refractivity contribution in [3.63, 3.8) is 0 Å². The van der Waals surface area contributed by atoms with Gasteiger partial charge in [0.25, 0.3) is 5.91 Å². The van der Waals surface area contributed by atoms with Gasteiger partial charge >= 0.3 is 0 Å². The summed E-state index contributed by atoms with van der Waals surface area (Å²) in [5, 5.41) is 6.68. The summed E-state index contributed by atoms with van der Waals surface area (Å²) < 4.78 is 18.3. The first-order chi connectivity index (χ1) is 12.5. The van der Waals surface area contributed by atoms with E-state index in [1.54, 1.807) is 12.1 Å². The van der Waals surface area contributed by atoms with Crippen LogP contribution in [0.2, 0.25) is 0 Å². The Hall–Kier alpha value is -2.19. The molecule has 26 heavy (non-hydrogen) atoms. The third kappa shape index (κ3) is 6.61. The van der Waals surface area contributed by atoms with Crippen LogP contribution in [-0.2, 0) is 14.4 Å². The summed E-state index contributed by atoms with van der Waals surface area (Å²) in [6.07, 6.45) is 0. The van der Waals surface area contributed by atoms with Crippen molar-refractivity contribution in [2.75, 3.05) is 39.5 Å². The molecule has 1 aliphatic rings. The van der Waals surface area contributed by atoms with Gasteiger partial charge in [-0.2, -0.15) is 0 Å². The highest BCUT2D eigenvalue weighted by molar-refractivity contribution is 5.82. The predicted molar refractivity (Wildman–Crippen MR) is 97.0 cm³/mol. The van der Waals surface area contributed by atoms with E-state index in [0.29, 0.717) is 25.6 Å². The first-order valence-corrected chi connectivity index (χ1v) is 8.75. The predicted octanol–water partition coefficient (Wildman–Crippen LogP) is 1.26. The number of hydrogen-bond donors (Lipinski definition) is 2. The third-order valence-electron chi connectivity index (χ3n) is 4.08. The maximum Gasteiger partial charge on any atom is 0.261 e. The molecule has 1 aliphatic heterocycles. The van der Waals surface area contributed by atoms with Gasteiger partial charge < -0.3 is 20.6 Å². The van der Waals surface area contributed by atoms with Crippen molar-refractivity contribution in [2.24, 2.45) is 16.8 Å². The fraction of sp³-hybridized carbons (Fsp3) is 0.556. The zero-order chi connectivity index (χ0) is 18.9. The van der Waals surface area contributed by atoms with E-state index in [-0.39, 0.29) is 30.3 Å². The lowest BCUT2D eigenvalue weighted by Gasteiger charge is -2.25. The van der Waals surface area contributed by atoms with Crippen LogP contribution in [0.15, 0.2) is 29.4 Å². The van der Waals surface area contributed by atoms with Crippen LogP contribution in [0.1, 0.15) is 25.5 Å². The molecule has 0 aromatic heterocycles. The molecule has 0 saturated carbocycles. The monoisotopic (exact) mass is 366 g/mol. The maximum absolute atomic E-state index is 13.1. The van der Waals surface area contributed by atoms with Crippen LogP contribution in [0.5, 0.6) is 0 Å². The number of nitrogens with two attached hydrogens (primary N) is 1. The Morgan fingerprint density at radius 1 is 1.35 bits per heavy atom. The second-order valence-corrected chi connectivity index (χ2v) is 6.59. The van der Waals surface area contributed by atoms with E-state index in [1.165, 1.54) is 12.1 Å². The number of carbonyl (C=O) groups excluding carboxylic acids is 1. The van der Waals surface area contributed by atoms with Crippen LogP contribution >= 0.6 is 0 Å². The summed E-state index contributed by atoms with van der Waals surface area (Å²) in [6.45, 7) is 7.16. The van der Waals surface area contributed by atoms with E-state index in [4.69, 9.17) is 15.3 Å². The molecule has 1 unspecified atom stereocenters. The molecule has 0 bridgehead atoms. The highest BCUT2D eigenvalue weighted by Gasteiger charge is 2.19. The second-order valence-electron chi connectivity index (χ2n) is 6.59. The summed E-state index contributed by atoms with van der Waals surface area (Å²) in [5.74, 6) is -0.162. The topological polar surface area (TPSA) is 89.2 Å². The largest absolute Gasteiger partial charge is 0.384 e. The molecule has 1 heterocycles. The van der Waals surface area contributed by atoms with E-state index >= 15 is 0 Å². The fourth-order valence-corrected chi connectivity index (χ4v) is 2.71. The average Bonchev–Trinajstić information content (AvgIpc) is 2.61. The number of carbonyl (C=O) groups is 1. The quantitative estimate of drug-likeness (QED) is 0.411. The lowest BCUT2D eigenvalue weighted by molar-refractivity contribution is -0.126. The molecule has 1 aromatic carbocycles.